The van der Waals surface area contributed by atoms with Crippen LogP contribution in [-0.4, -0.2) is 53.5 Å². The van der Waals surface area contributed by atoms with Crippen LogP contribution < -0.4 is 11.1 Å². The standard InChI is InChI=1S/C4HB6N3/c5-3-1(8-12-6)2-4(11-3)7-10-13-9-2/h11H. The third-order valence-electron chi connectivity index (χ3n) is 1.87. The normalized spacial score (nSPS) is 9.85. The van der Waals surface area contributed by atoms with Crippen LogP contribution in [0.5, 0.6) is 0 Å². The van der Waals surface area contributed by atoms with E-state index < -0.39 is 0 Å². The average Bonchev–Trinajstić information content (AvgIpc) is 2.44. The van der Waals surface area contributed by atoms with Crippen LogP contribution in [0.3, 0.4) is 0 Å². The summed E-state index contributed by atoms with van der Waals surface area (Å²) >= 11 is 0. The van der Waals surface area contributed by atoms with Gasteiger partial charge in [0.05, 0.1) is 0 Å². The van der Waals surface area contributed by atoms with Crippen molar-refractivity contribution in [3.05, 3.63) is 0 Å². The Morgan fingerprint density at radius 3 is 3.15 bits per heavy atom. The number of H-pyrrole nitrogens is 1. The summed E-state index contributed by atoms with van der Waals surface area (Å²) in [5.41, 5.74) is 2.27. The molecular formula is C4HB6N3. The first-order chi connectivity index (χ1) is 6.33. The minimum absolute atomic E-state index is 0.553. The van der Waals surface area contributed by atoms with E-state index >= 15 is 0 Å². The van der Waals surface area contributed by atoms with Crippen LogP contribution in [0, 0.1) is 0 Å². The van der Waals surface area contributed by atoms with Crippen molar-refractivity contribution >= 4 is 65.4 Å². The summed E-state index contributed by atoms with van der Waals surface area (Å²) in [4.78, 5) is 10.4. The van der Waals surface area contributed by atoms with Gasteiger partial charge in [0.1, 0.15) is 0 Å². The Hall–Kier alpha value is -0.730. The first-order valence-corrected chi connectivity index (χ1v) is 3.77. The van der Waals surface area contributed by atoms with E-state index in [0.29, 0.717) is 5.59 Å². The molecule has 13 heavy (non-hydrogen) atoms. The predicted molar refractivity (Wildman–Crippen MR) is 59.1 cm³/mol. The van der Waals surface area contributed by atoms with Crippen molar-refractivity contribution in [1.29, 1.82) is 0 Å². The molecule has 2 rings (SSSR count). The van der Waals surface area contributed by atoms with Gasteiger partial charge in [0, 0.05) is 0 Å². The fourth-order valence-electron chi connectivity index (χ4n) is 1.29. The Bertz CT molecular complexity index is 464. The summed E-state index contributed by atoms with van der Waals surface area (Å²) in [6.45, 7) is 3.54. The molecule has 0 fully saturated rings. The van der Waals surface area contributed by atoms with Crippen molar-refractivity contribution in [3.63, 3.8) is 0 Å². The zero-order valence-corrected chi connectivity index (χ0v) is 6.86. The molecular weight excluding hydrogens is 155 g/mol. The molecule has 3 nitrogen and oxygen atoms in total. The van der Waals surface area contributed by atoms with Gasteiger partial charge in [-0.2, -0.15) is 0 Å². The molecule has 0 aliphatic carbocycles. The molecule has 9 heteroatoms. The monoisotopic (exact) mass is 157 g/mol. The van der Waals surface area contributed by atoms with E-state index in [1.54, 1.807) is 14.0 Å². The SMILES string of the molecule is [B]N=Bc1c([B])[nH]c2bbnbc12. The Morgan fingerprint density at radius 1 is 1.54 bits per heavy atom. The molecule has 0 atom stereocenters. The fourth-order valence-corrected chi connectivity index (χ4v) is 1.29. The number of nitrogens with zero attached hydrogens (tertiary/aromatic N) is 2. The van der Waals surface area contributed by atoms with Crippen LogP contribution in [0.1, 0.15) is 0 Å². The van der Waals surface area contributed by atoms with Gasteiger partial charge in [-0.3, -0.25) is 0 Å². The second-order valence-electron chi connectivity index (χ2n) is 2.65. The van der Waals surface area contributed by atoms with Crippen LogP contribution >= 0.6 is 0 Å². The number of aromatic nitrogens is 2. The van der Waals surface area contributed by atoms with Crippen LogP contribution in [-0.2, 0) is 0 Å². The van der Waals surface area contributed by atoms with Crippen LogP contribution in [0.15, 0.2) is 4.81 Å². The van der Waals surface area contributed by atoms with Crippen molar-refractivity contribution in [1.82, 2.24) is 9.78 Å². The summed E-state index contributed by atoms with van der Waals surface area (Å²) in [6.07, 6.45) is 0. The summed E-state index contributed by atoms with van der Waals surface area (Å²) in [5.74, 6) is 0. The predicted octanol–water partition coefficient (Wildman–Crippen LogP) is -3.03. The first kappa shape index (κ1) is 8.85. The first-order valence-electron chi connectivity index (χ1n) is 3.77. The summed E-state index contributed by atoms with van der Waals surface area (Å²) in [6, 6.07) is 0. The molecule has 0 spiro atoms. The van der Waals surface area contributed by atoms with Crippen LogP contribution in [0.25, 0.3) is 10.7 Å². The third-order valence-corrected chi connectivity index (χ3v) is 1.87. The van der Waals surface area contributed by atoms with Crippen LogP contribution in [0.4, 0.5) is 0 Å². The van der Waals surface area contributed by atoms with Crippen LogP contribution in [0.2, 0.25) is 0 Å². The van der Waals surface area contributed by atoms with Crippen molar-refractivity contribution < 1.29 is 0 Å². The van der Waals surface area contributed by atoms with Gasteiger partial charge in [-0.05, 0) is 0 Å². The van der Waals surface area contributed by atoms with Crippen molar-refractivity contribution in [2.45, 2.75) is 0 Å². The molecule has 0 aromatic carbocycles. The molecule has 2 aromatic rings. The second kappa shape index (κ2) is 3.56. The Kier molecular flexibility index (Phi) is 2.42. The van der Waals surface area contributed by atoms with Gasteiger partial charge < -0.3 is 0 Å². The number of nitrogens with one attached hydrogen (secondary N) is 1. The molecule has 4 radical (unpaired) electrons. The number of rotatable bonds is 1. The quantitative estimate of drug-likeness (QED) is 0.438. The minimum atomic E-state index is 0.553. The molecule has 0 aliphatic rings. The van der Waals surface area contributed by atoms with E-state index in [4.69, 9.17) is 15.8 Å². The summed E-state index contributed by atoms with van der Waals surface area (Å²) < 4.78 is 0. The van der Waals surface area contributed by atoms with Gasteiger partial charge in [-0.15, -0.1) is 0 Å². The van der Waals surface area contributed by atoms with Crippen molar-refractivity contribution in [3.8, 4) is 0 Å². The van der Waals surface area contributed by atoms with E-state index in [9.17, 15) is 0 Å². The summed E-state index contributed by atoms with van der Waals surface area (Å²) in [7, 11) is 14.0. The molecule has 0 amide bonds. The van der Waals surface area contributed by atoms with Gasteiger partial charge in [-0.1, -0.05) is 0 Å². The maximum atomic E-state index is 5.71. The number of aromatic amines is 1. The van der Waals surface area contributed by atoms with E-state index in [1.807, 2.05) is 6.80 Å². The molecule has 0 bridgehead atoms. The second-order valence-corrected chi connectivity index (χ2v) is 2.65. The number of hydrogen-bond acceptors (Lipinski definition) is 2. The van der Waals surface area contributed by atoms with Crippen molar-refractivity contribution in [2.75, 3.05) is 0 Å². The molecule has 2 aromatic heterocycles. The Morgan fingerprint density at radius 2 is 2.38 bits per heavy atom. The van der Waals surface area contributed by atoms with E-state index in [-0.39, 0.29) is 0 Å². The number of fused-ring (bicyclic) bond motifs is 1. The average molecular weight is 156 g/mol. The summed E-state index contributed by atoms with van der Waals surface area (Å²) in [5, 5.41) is 0.925. The van der Waals surface area contributed by atoms with Gasteiger partial charge in [0.2, 0.25) is 0 Å². The van der Waals surface area contributed by atoms with Gasteiger partial charge >= 0.3 is 80.0 Å². The van der Waals surface area contributed by atoms with Gasteiger partial charge in [-0.25, -0.2) is 0 Å². The van der Waals surface area contributed by atoms with Crippen molar-refractivity contribution in [2.24, 2.45) is 4.81 Å². The molecule has 1 N–H and O–H groups in total. The Labute approximate surface area is 80.6 Å². The topological polar surface area (TPSA) is 41.0 Å². The zero-order valence-electron chi connectivity index (χ0n) is 6.86. The van der Waals surface area contributed by atoms with E-state index in [1.165, 1.54) is 7.07 Å². The fraction of sp³-hybridized carbons (Fsp3) is 0. The maximum absolute atomic E-state index is 5.71. The third kappa shape index (κ3) is 1.52. The van der Waals surface area contributed by atoms with E-state index in [2.05, 4.69) is 14.6 Å². The molecule has 0 aliphatic heterocycles. The van der Waals surface area contributed by atoms with E-state index in [0.717, 1.165) is 16.2 Å². The van der Waals surface area contributed by atoms with Gasteiger partial charge in [0.25, 0.3) is 0 Å². The molecule has 0 saturated carbocycles. The van der Waals surface area contributed by atoms with Gasteiger partial charge in [0.15, 0.2) is 0 Å². The molecule has 0 unspecified atom stereocenters. The molecule has 2 heterocycles. The molecule has 50 valence electrons. The zero-order chi connectivity index (χ0) is 9.26. The number of hydrogen-bond donors (Lipinski definition) is 1. The molecule has 0 saturated heterocycles. The Balaban J connectivity index is 2.78.